The van der Waals surface area contributed by atoms with Gasteiger partial charge in [-0.3, -0.25) is 23.9 Å². The summed E-state index contributed by atoms with van der Waals surface area (Å²) in [6.07, 6.45) is 10.4. The van der Waals surface area contributed by atoms with E-state index in [1.54, 1.807) is 28.5 Å². The van der Waals surface area contributed by atoms with Gasteiger partial charge in [0.2, 0.25) is 0 Å². The zero-order chi connectivity index (χ0) is 31.4. The Kier molecular flexibility index (Phi) is 13.8. The van der Waals surface area contributed by atoms with Crippen molar-refractivity contribution in [1.29, 1.82) is 5.26 Å². The molecule has 3 rings (SSSR count). The number of amides is 1. The van der Waals surface area contributed by atoms with E-state index in [0.717, 1.165) is 56.9 Å². The van der Waals surface area contributed by atoms with Crippen molar-refractivity contribution in [1.82, 2.24) is 9.47 Å². The third-order valence-electron chi connectivity index (χ3n) is 7.40. The first kappa shape index (κ1) is 34.4. The number of thiocarbonyl (C=S) groups is 1. The zero-order valence-corrected chi connectivity index (χ0v) is 27.2. The number of carbonyl (C=O) groups excluding carboxylic acids is 1. The van der Waals surface area contributed by atoms with Crippen molar-refractivity contribution in [3.05, 3.63) is 66.8 Å². The van der Waals surface area contributed by atoms with Crippen molar-refractivity contribution in [2.24, 2.45) is 0 Å². The van der Waals surface area contributed by atoms with E-state index >= 15 is 0 Å². The van der Waals surface area contributed by atoms with E-state index in [4.69, 9.17) is 28.9 Å². The minimum Gasteiger partial charge on any atom is -0.481 e. The van der Waals surface area contributed by atoms with Gasteiger partial charge in [-0.15, -0.1) is 0 Å². The Morgan fingerprint density at radius 1 is 1.09 bits per heavy atom. The molecule has 8 nitrogen and oxygen atoms in total. The molecule has 1 fully saturated rings. The summed E-state index contributed by atoms with van der Waals surface area (Å²) in [6.45, 7) is 5.00. The number of halogens is 1. The normalized spacial score (nSPS) is 14.0. The number of thioether (sulfide) groups is 1. The summed E-state index contributed by atoms with van der Waals surface area (Å²) in [5.41, 5.74) is 1.67. The fourth-order valence-corrected chi connectivity index (χ4v) is 6.53. The number of anilines is 1. The van der Waals surface area contributed by atoms with Crippen LogP contribution in [0.1, 0.15) is 93.4 Å². The molecule has 0 aliphatic carbocycles. The van der Waals surface area contributed by atoms with Gasteiger partial charge in [-0.2, -0.15) is 5.26 Å². The minimum atomic E-state index is -0.737. The summed E-state index contributed by atoms with van der Waals surface area (Å²) >= 11 is 13.2. The maximum absolute atomic E-state index is 13.4. The van der Waals surface area contributed by atoms with Crippen LogP contribution in [-0.4, -0.2) is 37.3 Å². The van der Waals surface area contributed by atoms with Crippen LogP contribution < -0.4 is 10.9 Å². The average Bonchev–Trinajstić information content (AvgIpc) is 3.24. The lowest BCUT2D eigenvalue weighted by molar-refractivity contribution is -0.137. The summed E-state index contributed by atoms with van der Waals surface area (Å²) in [5.74, 6) is -0.369. The topological polar surface area (TPSA) is 115 Å². The molecule has 1 aliphatic rings. The van der Waals surface area contributed by atoms with Crippen molar-refractivity contribution in [2.75, 3.05) is 11.9 Å². The van der Waals surface area contributed by atoms with Gasteiger partial charge in [0.15, 0.2) is 0 Å². The van der Waals surface area contributed by atoms with Gasteiger partial charge in [-0.05, 0) is 49.5 Å². The first-order chi connectivity index (χ1) is 20.7. The van der Waals surface area contributed by atoms with Crippen LogP contribution in [-0.2, 0) is 22.7 Å². The van der Waals surface area contributed by atoms with E-state index in [2.05, 4.69) is 11.4 Å². The molecule has 2 aromatic rings. The summed E-state index contributed by atoms with van der Waals surface area (Å²) < 4.78 is 2.07. The molecule has 1 saturated heterocycles. The third-order valence-corrected chi connectivity index (χ3v) is 9.14. The second-order valence-corrected chi connectivity index (χ2v) is 12.7. The van der Waals surface area contributed by atoms with Crippen LogP contribution in [0.4, 0.5) is 5.82 Å². The van der Waals surface area contributed by atoms with Gasteiger partial charge in [0, 0.05) is 36.6 Å². The average molecular weight is 643 g/mol. The highest BCUT2D eigenvalue weighted by molar-refractivity contribution is 8.26. The number of pyridine rings is 1. The smallest absolute Gasteiger partial charge is 0.303 e. The molecule has 11 heteroatoms. The largest absolute Gasteiger partial charge is 0.481 e. The SMILES string of the molecule is CCCn1c(NCc2ccccc2Cl)c(/C=C2/SC(=S)N(CCCCCCCCCCC(=O)O)C2=O)c(C)c(C#N)c1=O. The van der Waals surface area contributed by atoms with Crippen molar-refractivity contribution in [3.63, 3.8) is 0 Å². The molecule has 43 heavy (non-hydrogen) atoms. The highest BCUT2D eigenvalue weighted by atomic mass is 35.5. The second-order valence-electron chi connectivity index (χ2n) is 10.6. The summed E-state index contributed by atoms with van der Waals surface area (Å²) in [6, 6.07) is 9.52. The van der Waals surface area contributed by atoms with Gasteiger partial charge in [0.1, 0.15) is 21.8 Å². The molecule has 2 heterocycles. The molecular formula is C32H39ClN4O4S2. The van der Waals surface area contributed by atoms with Crippen LogP contribution in [0.3, 0.4) is 0 Å². The molecule has 1 aliphatic heterocycles. The Labute approximate surface area is 268 Å². The van der Waals surface area contributed by atoms with E-state index in [9.17, 15) is 19.6 Å². The first-order valence-corrected chi connectivity index (χ1v) is 16.4. The second kappa shape index (κ2) is 17.2. The number of hydrogen-bond acceptors (Lipinski definition) is 7. The van der Waals surface area contributed by atoms with Crippen LogP contribution in [0.25, 0.3) is 6.08 Å². The van der Waals surface area contributed by atoms with Gasteiger partial charge in [0.05, 0.1) is 4.91 Å². The van der Waals surface area contributed by atoms with Crippen molar-refractivity contribution in [3.8, 4) is 6.07 Å². The number of carboxylic acids is 1. The molecule has 0 unspecified atom stereocenters. The number of nitrogens with zero attached hydrogens (tertiary/aromatic N) is 3. The van der Waals surface area contributed by atoms with Gasteiger partial charge >= 0.3 is 5.97 Å². The molecular weight excluding hydrogens is 604 g/mol. The van der Waals surface area contributed by atoms with E-state index in [1.165, 1.54) is 11.8 Å². The number of aliphatic carboxylic acids is 1. The highest BCUT2D eigenvalue weighted by Gasteiger charge is 2.32. The van der Waals surface area contributed by atoms with E-state index < -0.39 is 5.97 Å². The molecule has 0 spiro atoms. The van der Waals surface area contributed by atoms with Gasteiger partial charge in [-0.25, -0.2) is 0 Å². The third kappa shape index (κ3) is 9.43. The molecule has 0 radical (unpaired) electrons. The number of carboxylic acid groups (broad SMARTS) is 1. The standard InChI is InChI=1S/C32H39ClN4O4S2/c1-3-17-36-29(35-21-23-14-11-12-15-26(23)33)24(22(2)25(20-34)30(36)40)19-27-31(41)37(32(42)43-27)18-13-9-7-5-4-6-8-10-16-28(38)39/h11-12,14-15,19,35H,3-10,13,16-18,21H2,1-2H3,(H,38,39)/b27-19+. The van der Waals surface area contributed by atoms with Gasteiger partial charge in [-0.1, -0.05) is 99.2 Å². The van der Waals surface area contributed by atoms with Crippen LogP contribution in [0, 0.1) is 18.3 Å². The maximum atomic E-state index is 13.4. The fraction of sp³-hybridized carbons (Fsp3) is 0.469. The molecule has 2 N–H and O–H groups in total. The van der Waals surface area contributed by atoms with Crippen LogP contribution >= 0.6 is 35.6 Å². The van der Waals surface area contributed by atoms with E-state index in [-0.39, 0.29) is 23.5 Å². The van der Waals surface area contributed by atoms with Crippen LogP contribution in [0.15, 0.2) is 34.0 Å². The Hall–Kier alpha value is -3.13. The number of nitriles is 1. The Balaban J connectivity index is 1.74. The molecule has 1 amide bonds. The number of benzene rings is 1. The van der Waals surface area contributed by atoms with E-state index in [1.807, 2.05) is 25.1 Å². The summed E-state index contributed by atoms with van der Waals surface area (Å²) in [7, 11) is 0. The lowest BCUT2D eigenvalue weighted by Crippen LogP contribution is -2.29. The molecule has 0 saturated carbocycles. The number of rotatable bonds is 17. The monoisotopic (exact) mass is 642 g/mol. The first-order valence-electron chi connectivity index (χ1n) is 14.8. The predicted octanol–water partition coefficient (Wildman–Crippen LogP) is 7.50. The minimum absolute atomic E-state index is 0.0559. The molecule has 1 aromatic carbocycles. The lowest BCUT2D eigenvalue weighted by atomic mass is 10.0. The van der Waals surface area contributed by atoms with Crippen LogP contribution in [0.2, 0.25) is 5.02 Å². The Morgan fingerprint density at radius 3 is 2.37 bits per heavy atom. The number of hydrogen-bond donors (Lipinski definition) is 2. The number of carbonyl (C=O) groups is 2. The van der Waals surface area contributed by atoms with Crippen molar-refractivity contribution in [2.45, 2.75) is 91.1 Å². The quantitative estimate of drug-likeness (QED) is 0.104. The Bertz CT molecular complexity index is 1460. The number of unbranched alkanes of at least 4 members (excludes halogenated alkanes) is 7. The molecule has 0 bridgehead atoms. The van der Waals surface area contributed by atoms with Gasteiger partial charge in [0.25, 0.3) is 11.5 Å². The predicted molar refractivity (Wildman–Crippen MR) is 178 cm³/mol. The van der Waals surface area contributed by atoms with Crippen LogP contribution in [0.5, 0.6) is 0 Å². The number of nitrogens with one attached hydrogen (secondary N) is 1. The molecule has 1 aromatic heterocycles. The number of aromatic nitrogens is 1. The van der Waals surface area contributed by atoms with Gasteiger partial charge < -0.3 is 10.4 Å². The summed E-state index contributed by atoms with van der Waals surface area (Å²) in [5, 5.41) is 22.5. The summed E-state index contributed by atoms with van der Waals surface area (Å²) in [4.78, 5) is 39.4. The molecule has 0 atom stereocenters. The van der Waals surface area contributed by atoms with Crippen molar-refractivity contribution >= 4 is 63.7 Å². The maximum Gasteiger partial charge on any atom is 0.303 e. The fourth-order valence-electron chi connectivity index (χ4n) is 5.04. The lowest BCUT2D eigenvalue weighted by Gasteiger charge is -2.20. The molecule has 230 valence electrons. The zero-order valence-electron chi connectivity index (χ0n) is 24.8. The Morgan fingerprint density at radius 2 is 1.74 bits per heavy atom. The van der Waals surface area contributed by atoms with E-state index in [0.29, 0.717) is 57.2 Å². The van der Waals surface area contributed by atoms with Crippen molar-refractivity contribution < 1.29 is 14.7 Å². The highest BCUT2D eigenvalue weighted by Crippen LogP contribution is 2.35.